The lowest BCUT2D eigenvalue weighted by atomic mass is 11.8. The SMILES string of the molecule is C=P1=P2=P3=PC132. The predicted molar refractivity (Wildman–Crippen MR) is 37.5 cm³/mol. The van der Waals surface area contributed by atoms with Gasteiger partial charge in [0.15, 0.2) is 0 Å². The molecule has 4 unspecified atom stereocenters. The highest BCUT2D eigenvalue weighted by atomic mass is 32.3. The fraction of sp³-hybridized carbons (Fsp3) is 0.500. The molecule has 30 valence electrons. The number of rotatable bonds is 0. The van der Waals surface area contributed by atoms with Crippen LogP contribution in [0.25, 0.3) is 0 Å². The van der Waals surface area contributed by atoms with E-state index in [4.69, 9.17) is 0 Å². The maximum Gasteiger partial charge on any atom is 0.147 e. The molecule has 0 aromatic rings. The first-order chi connectivity index (χ1) is 2.87. The molecule has 4 atom stereocenters. The standard InChI is InChI=1S/C2H2P4/c1-4-2-3-5(2)6(2)4/h1H2. The minimum Gasteiger partial charge on any atom is -0.0726 e. The molecule has 0 aliphatic carbocycles. The van der Waals surface area contributed by atoms with Gasteiger partial charge in [0, 0.05) is 0 Å². The van der Waals surface area contributed by atoms with Crippen molar-refractivity contribution in [2.75, 3.05) is 0 Å². The molecule has 3 rings (SSSR count). The first kappa shape index (κ1) is 3.17. The highest BCUT2D eigenvalue weighted by molar-refractivity contribution is 8.73. The summed E-state index contributed by atoms with van der Waals surface area (Å²) >= 11 is 0. The van der Waals surface area contributed by atoms with E-state index in [1.165, 1.54) is 0 Å². The normalized spacial score (nSPS) is 73.7. The quantitative estimate of drug-likeness (QED) is 0.465. The van der Waals surface area contributed by atoms with Crippen molar-refractivity contribution in [3.05, 3.63) is 0 Å². The van der Waals surface area contributed by atoms with Crippen molar-refractivity contribution in [3.63, 3.8) is 0 Å². The fourth-order valence-electron chi connectivity index (χ4n) is 0.785. The summed E-state index contributed by atoms with van der Waals surface area (Å²) in [6.07, 6.45) is 4.10. The smallest absolute Gasteiger partial charge is 0.0726 e. The van der Waals surface area contributed by atoms with E-state index in [0.717, 1.165) is 17.4 Å². The summed E-state index contributed by atoms with van der Waals surface area (Å²) in [5.41, 5.74) is 0. The van der Waals surface area contributed by atoms with Crippen molar-refractivity contribution in [2.24, 2.45) is 0 Å². The zero-order valence-electron chi connectivity index (χ0n) is 3.00. The van der Waals surface area contributed by atoms with E-state index in [1.807, 2.05) is 7.87 Å². The van der Waals surface area contributed by atoms with Crippen LogP contribution in [0, 0.1) is 0 Å². The van der Waals surface area contributed by atoms with E-state index in [-0.39, 0.29) is 0 Å². The van der Waals surface area contributed by atoms with Crippen LogP contribution in [0.1, 0.15) is 0 Å². The highest BCUT2D eigenvalue weighted by Crippen LogP contribution is 3.18. The second-order valence-corrected chi connectivity index (χ2v) is 17.4. The fourth-order valence-corrected chi connectivity index (χ4v) is 37.8. The lowest BCUT2D eigenvalue weighted by molar-refractivity contribution is 2.05. The second-order valence-electron chi connectivity index (χ2n) is 1.68. The molecule has 6 heavy (non-hydrogen) atoms. The lowest BCUT2D eigenvalue weighted by Crippen LogP contribution is -1.47. The predicted octanol–water partition coefficient (Wildman–Crippen LogP) is 3.21. The maximum absolute atomic E-state index is 4.10. The molecule has 0 saturated carbocycles. The third-order valence-electron chi connectivity index (χ3n) is 1.40. The van der Waals surface area contributed by atoms with Gasteiger partial charge in [-0.1, -0.05) is 13.1 Å². The third kappa shape index (κ3) is 0.124. The Hall–Kier alpha value is 1.07. The topological polar surface area (TPSA) is 0 Å². The van der Waals surface area contributed by atoms with Crippen LogP contribution in [-0.4, -0.2) is 10.7 Å². The van der Waals surface area contributed by atoms with Crippen LogP contribution in [0.15, 0.2) is 0 Å². The molecule has 0 nitrogen and oxygen atoms in total. The summed E-state index contributed by atoms with van der Waals surface area (Å²) in [4.78, 5) is 0. The molecule has 0 N–H and O–H groups in total. The minimum atomic E-state index is 0.489. The van der Waals surface area contributed by atoms with Gasteiger partial charge >= 0.3 is 0 Å². The Morgan fingerprint density at radius 2 is 2.33 bits per heavy atom. The molecular formula is C2H2P4. The van der Waals surface area contributed by atoms with Crippen molar-refractivity contribution in [1.29, 1.82) is 0 Å². The van der Waals surface area contributed by atoms with Crippen molar-refractivity contribution in [2.45, 2.75) is 4.38 Å². The van der Waals surface area contributed by atoms with Crippen molar-refractivity contribution in [1.82, 2.24) is 0 Å². The van der Waals surface area contributed by atoms with Crippen LogP contribution in [0.5, 0.6) is 0 Å². The molecule has 3 heterocycles. The molecule has 0 saturated heterocycles. The molecule has 3 aliphatic rings. The molecule has 3 aliphatic heterocycles. The van der Waals surface area contributed by atoms with Gasteiger partial charge < -0.3 is 0 Å². The number of hydrogen-bond acceptors (Lipinski definition) is 0. The Bertz CT molecular complexity index is 326. The molecule has 0 aromatic heterocycles. The Labute approximate surface area is 39.0 Å². The highest BCUT2D eigenvalue weighted by Gasteiger charge is 2.68. The van der Waals surface area contributed by atoms with Gasteiger partial charge in [-0.2, -0.15) is 0 Å². The van der Waals surface area contributed by atoms with Crippen LogP contribution in [0.3, 0.4) is 0 Å². The van der Waals surface area contributed by atoms with E-state index < -0.39 is 0 Å². The first-order valence-electron chi connectivity index (χ1n) is 1.81. The van der Waals surface area contributed by atoms with E-state index >= 15 is 0 Å². The lowest BCUT2D eigenvalue weighted by Gasteiger charge is -1.59. The molecule has 4 heteroatoms. The van der Waals surface area contributed by atoms with Gasteiger partial charge in [0.25, 0.3) is 0 Å². The van der Waals surface area contributed by atoms with Gasteiger partial charge in [0.2, 0.25) is 0 Å². The van der Waals surface area contributed by atoms with Crippen LogP contribution in [-0.2, 0) is 0 Å². The molecule has 0 fully saturated rings. The minimum absolute atomic E-state index is 0.489. The van der Waals surface area contributed by atoms with Crippen LogP contribution >= 0.6 is 27.7 Å². The second kappa shape index (κ2) is 0.535. The van der Waals surface area contributed by atoms with E-state index in [2.05, 4.69) is 6.30 Å². The average Bonchev–Trinajstić information content (AvgIpc) is 2.13. The van der Waals surface area contributed by atoms with Gasteiger partial charge in [-0.05, 0) is 20.9 Å². The van der Waals surface area contributed by atoms with Gasteiger partial charge in [-0.15, -0.1) is 0 Å². The Morgan fingerprint density at radius 3 is 2.33 bits per heavy atom. The van der Waals surface area contributed by atoms with Gasteiger partial charge in [0.05, 0.1) is 0 Å². The van der Waals surface area contributed by atoms with Gasteiger partial charge in [-0.3, -0.25) is 0 Å². The van der Waals surface area contributed by atoms with Crippen LogP contribution in [0.2, 0.25) is 0 Å². The molecule has 0 amide bonds. The van der Waals surface area contributed by atoms with E-state index in [1.54, 1.807) is 0 Å². The summed E-state index contributed by atoms with van der Waals surface area (Å²) in [5, 5.41) is 0. The first-order valence-corrected chi connectivity index (χ1v) is 9.03. The Kier molecular flexibility index (Phi) is 0.283. The Balaban J connectivity index is 3.28. The Morgan fingerprint density at radius 1 is 1.67 bits per heavy atom. The summed E-state index contributed by atoms with van der Waals surface area (Å²) in [5.74, 6) is 0. The summed E-state index contributed by atoms with van der Waals surface area (Å²) in [7, 11) is 1.87. The van der Waals surface area contributed by atoms with Crippen LogP contribution < -0.4 is 0 Å². The molecular weight excluding hydrogens is 148 g/mol. The molecule has 0 radical (unpaired) electrons. The zero-order chi connectivity index (χ0) is 3.94. The van der Waals surface area contributed by atoms with E-state index in [0.29, 0.717) is 6.83 Å². The largest absolute Gasteiger partial charge is 0.147 e. The third-order valence-corrected chi connectivity index (χ3v) is 29.5. The average molecular weight is 150 g/mol. The molecule has 0 aromatic carbocycles. The maximum atomic E-state index is 4.10. The number of hydrogen-bond donors (Lipinski definition) is 0. The van der Waals surface area contributed by atoms with Crippen molar-refractivity contribution < 1.29 is 0 Å². The summed E-state index contributed by atoms with van der Waals surface area (Å²) < 4.78 is 1.10. The summed E-state index contributed by atoms with van der Waals surface area (Å²) in [6.45, 7) is 2.02. The van der Waals surface area contributed by atoms with Crippen molar-refractivity contribution in [3.8, 4) is 0 Å². The monoisotopic (exact) mass is 150 g/mol. The van der Waals surface area contributed by atoms with Crippen molar-refractivity contribution >= 4 is 34.0 Å². The molecule has 1 spiro atoms. The zero-order valence-corrected chi connectivity index (χ0v) is 6.57. The van der Waals surface area contributed by atoms with E-state index in [9.17, 15) is 0 Å². The molecule has 0 bridgehead atoms. The summed E-state index contributed by atoms with van der Waals surface area (Å²) in [6, 6.07) is 0. The van der Waals surface area contributed by atoms with Crippen LogP contribution in [0.4, 0.5) is 0 Å². The van der Waals surface area contributed by atoms with Gasteiger partial charge in [-0.25, -0.2) is 0 Å². The van der Waals surface area contributed by atoms with Gasteiger partial charge in [0.1, 0.15) is 4.38 Å².